The summed E-state index contributed by atoms with van der Waals surface area (Å²) < 4.78 is 0. The number of nitrogens with one attached hydrogen (secondary N) is 2. The van der Waals surface area contributed by atoms with Crippen LogP contribution in [0.25, 0.3) is 0 Å². The van der Waals surface area contributed by atoms with Gasteiger partial charge < -0.3 is 22.6 Å². The zero-order valence-corrected chi connectivity index (χ0v) is 25.9. The number of amides is 2. The van der Waals surface area contributed by atoms with E-state index in [9.17, 15) is 19.8 Å². The van der Waals surface area contributed by atoms with Gasteiger partial charge in [-0.25, -0.2) is 10.9 Å². The maximum atomic E-state index is 11.7. The molecule has 4 rings (SSSR count). The van der Waals surface area contributed by atoms with Gasteiger partial charge in [-0.05, 0) is 59.7 Å². The van der Waals surface area contributed by atoms with Gasteiger partial charge in [0.25, 0.3) is 11.8 Å². The summed E-state index contributed by atoms with van der Waals surface area (Å²) in [4.78, 5) is 23.4. The first-order chi connectivity index (χ1) is 19.2. The largest absolute Gasteiger partial charge is 3.00 e. The Morgan fingerprint density at radius 2 is 0.952 bits per heavy atom. The van der Waals surface area contributed by atoms with Crippen molar-refractivity contribution in [1.29, 1.82) is 0 Å². The van der Waals surface area contributed by atoms with Crippen LogP contribution in [0.15, 0.2) is 95.1 Å². The minimum atomic E-state index is -0.395. The number of halogens is 5. The van der Waals surface area contributed by atoms with Gasteiger partial charge in [0.05, 0.1) is 12.4 Å². The summed E-state index contributed by atoms with van der Waals surface area (Å²) in [6.45, 7) is 0. The molecule has 217 valence electrons. The van der Waals surface area contributed by atoms with Crippen LogP contribution in [0.2, 0.25) is 20.1 Å². The van der Waals surface area contributed by atoms with E-state index in [1.807, 2.05) is 0 Å². The predicted molar refractivity (Wildman–Crippen MR) is 155 cm³/mol. The first-order valence-electron chi connectivity index (χ1n) is 11.2. The van der Waals surface area contributed by atoms with Gasteiger partial charge in [0.1, 0.15) is 0 Å². The van der Waals surface area contributed by atoms with Crippen molar-refractivity contribution in [2.75, 3.05) is 0 Å². The average Bonchev–Trinajstić information content (AvgIpc) is 2.95. The van der Waals surface area contributed by atoms with Crippen molar-refractivity contribution in [3.63, 3.8) is 0 Å². The fraction of sp³-hybridized carbons (Fsp3) is 0. The van der Waals surface area contributed by atoms with E-state index < -0.39 is 11.5 Å². The average molecular weight is 708 g/mol. The number of carbonyl (C=O) groups excluding carboxylic acids is 2. The molecule has 0 bridgehead atoms. The monoisotopic (exact) mass is 705 g/mol. The number of hydrogen-bond acceptors (Lipinski definition) is 6. The van der Waals surface area contributed by atoms with Crippen LogP contribution in [0.1, 0.15) is 31.8 Å². The number of carbonyl (C=O) groups is 2. The van der Waals surface area contributed by atoms with E-state index in [1.165, 1.54) is 36.7 Å². The van der Waals surface area contributed by atoms with Gasteiger partial charge in [0.2, 0.25) is 0 Å². The van der Waals surface area contributed by atoms with Crippen molar-refractivity contribution in [1.82, 2.24) is 10.9 Å². The zero-order chi connectivity index (χ0) is 29.1. The molecule has 0 saturated heterocycles. The molecule has 8 nitrogen and oxygen atoms in total. The van der Waals surface area contributed by atoms with Crippen LogP contribution in [0.4, 0.5) is 0 Å². The Morgan fingerprint density at radius 3 is 1.29 bits per heavy atom. The fourth-order valence-electron chi connectivity index (χ4n) is 2.98. The molecule has 0 unspecified atom stereocenters. The van der Waals surface area contributed by atoms with Crippen molar-refractivity contribution in [3.8, 4) is 11.5 Å². The second kappa shape index (κ2) is 18.3. The van der Waals surface area contributed by atoms with Crippen LogP contribution in [0.3, 0.4) is 0 Å². The molecule has 42 heavy (non-hydrogen) atoms. The van der Waals surface area contributed by atoms with E-state index >= 15 is 0 Å². The molecular weight excluding hydrogens is 689 g/mol. The number of rotatable bonds is 6. The van der Waals surface area contributed by atoms with Crippen LogP contribution >= 0.6 is 46.4 Å². The smallest absolute Gasteiger partial charge is 1.00 e. The molecule has 1 radical (unpaired) electrons. The second-order valence-corrected chi connectivity index (χ2v) is 9.43. The Bertz CT molecular complexity index is 1440. The molecule has 0 saturated carbocycles. The molecule has 0 spiro atoms. The summed E-state index contributed by atoms with van der Waals surface area (Å²) in [6, 6.07) is 22.7. The van der Waals surface area contributed by atoms with Gasteiger partial charge in [-0.3, -0.25) is 9.59 Å². The molecular formula is C28H18Cl5FeN4O4. The predicted octanol–water partition coefficient (Wildman–Crippen LogP) is 2.66. The molecule has 0 atom stereocenters. The molecule has 0 aliphatic carbocycles. The maximum absolute atomic E-state index is 11.7. The Kier molecular flexibility index (Phi) is 16.0. The number of benzene rings is 4. The second-order valence-electron chi connectivity index (χ2n) is 7.74. The first-order valence-corrected chi connectivity index (χ1v) is 12.8. The van der Waals surface area contributed by atoms with Gasteiger partial charge in [0.15, 0.2) is 0 Å². The molecule has 0 aliphatic heterocycles. The number of hydrazone groups is 2. The summed E-state index contributed by atoms with van der Waals surface area (Å²) >= 11 is 23.0. The molecule has 0 aliphatic rings. The van der Waals surface area contributed by atoms with E-state index in [4.69, 9.17) is 46.4 Å². The van der Waals surface area contributed by atoms with E-state index in [0.29, 0.717) is 21.2 Å². The van der Waals surface area contributed by atoms with Crippen molar-refractivity contribution >= 4 is 70.6 Å². The molecule has 4 aromatic rings. The van der Waals surface area contributed by atoms with Gasteiger partial charge in [-0.1, -0.05) is 94.3 Å². The summed E-state index contributed by atoms with van der Waals surface area (Å²) in [5, 5.41) is 31.4. The zero-order valence-electron chi connectivity index (χ0n) is 21.0. The van der Waals surface area contributed by atoms with Crippen LogP contribution in [0, 0.1) is 0 Å². The van der Waals surface area contributed by atoms with Gasteiger partial charge in [-0.15, -0.1) is 0 Å². The first kappa shape index (κ1) is 36.8. The number of nitrogens with zero attached hydrogens (tertiary/aromatic N) is 2. The topological polar surface area (TPSA) is 129 Å². The molecule has 0 heterocycles. The summed E-state index contributed by atoms with van der Waals surface area (Å²) in [7, 11) is 0. The molecule has 2 amide bonds. The van der Waals surface area contributed by atoms with Crippen LogP contribution in [0.5, 0.6) is 11.5 Å². The summed E-state index contributed by atoms with van der Waals surface area (Å²) in [5.41, 5.74) is 5.98. The van der Waals surface area contributed by atoms with E-state index in [2.05, 4.69) is 21.1 Å². The Hall–Kier alpha value is -3.27. The molecule has 4 aromatic carbocycles. The minimum absolute atomic E-state index is 0. The van der Waals surface area contributed by atoms with E-state index in [1.54, 1.807) is 60.7 Å². The Labute approximate surface area is 278 Å². The van der Waals surface area contributed by atoms with Crippen molar-refractivity contribution < 1.29 is 49.3 Å². The third-order valence-electron chi connectivity index (χ3n) is 4.89. The van der Waals surface area contributed by atoms with Gasteiger partial charge in [-0.2, -0.15) is 10.2 Å². The summed E-state index contributed by atoms with van der Waals surface area (Å²) in [5.74, 6) is -1.53. The molecule has 0 aromatic heterocycles. The van der Waals surface area contributed by atoms with Crippen molar-refractivity contribution in [2.24, 2.45) is 10.2 Å². The summed E-state index contributed by atoms with van der Waals surface area (Å²) in [6.07, 6.45) is 2.42. The van der Waals surface area contributed by atoms with E-state index in [-0.39, 0.29) is 62.5 Å². The van der Waals surface area contributed by atoms with Crippen molar-refractivity contribution in [2.45, 2.75) is 0 Å². The third kappa shape index (κ3) is 11.2. The van der Waals surface area contributed by atoms with Crippen LogP contribution in [-0.2, 0) is 17.1 Å². The molecule has 14 heteroatoms. The SMILES string of the molecule is O=C(N/N=C\c1cc(Cl)cc(Cl)c1[O-])c1ccccc1.O=C(N/N=C\c1cc(Cl)cc(Cl)c1[O-])c1ccccc1.[Cl-].[Fe+3]. The fourth-order valence-corrected chi connectivity index (χ4v) is 4.00. The van der Waals surface area contributed by atoms with Crippen LogP contribution < -0.4 is 33.5 Å². The normalized spacial score (nSPS) is 10.2. The molecule has 0 fully saturated rings. The van der Waals surface area contributed by atoms with Gasteiger partial charge >= 0.3 is 17.1 Å². The van der Waals surface area contributed by atoms with Gasteiger partial charge in [0, 0.05) is 31.2 Å². The quantitative estimate of drug-likeness (QED) is 0.182. The number of hydrogen-bond donors (Lipinski definition) is 2. The van der Waals surface area contributed by atoms with Crippen molar-refractivity contribution in [3.05, 3.63) is 127 Å². The molecule has 2 N–H and O–H groups in total. The maximum Gasteiger partial charge on any atom is 3.00 e. The Morgan fingerprint density at radius 1 is 0.619 bits per heavy atom. The van der Waals surface area contributed by atoms with Crippen LogP contribution in [-0.4, -0.2) is 24.2 Å². The minimum Gasteiger partial charge on any atom is -1.00 e. The third-order valence-corrected chi connectivity index (χ3v) is 5.88. The Balaban J connectivity index is 0.000000401. The standard InChI is InChI=1S/2C14H10Cl2N2O2.ClH.Fe/c2*15-11-6-10(13(19)12(16)7-11)8-17-18-14(20)9-4-2-1-3-5-9;;/h2*1-8,19H,(H,18,20);1H;/q;;;+3/p-3/b2*17-8-;;. The van der Waals surface area contributed by atoms with E-state index in [0.717, 1.165) is 0 Å².